The molecule has 3 amide bonds. The first kappa shape index (κ1) is 27.4. The van der Waals surface area contributed by atoms with E-state index in [1.807, 2.05) is 13.8 Å². The van der Waals surface area contributed by atoms with Crippen molar-refractivity contribution in [1.29, 1.82) is 0 Å². The summed E-state index contributed by atoms with van der Waals surface area (Å²) >= 11 is 0. The van der Waals surface area contributed by atoms with Crippen LogP contribution in [0.15, 0.2) is 48.5 Å². The summed E-state index contributed by atoms with van der Waals surface area (Å²) in [5, 5.41) is 7.82. The summed E-state index contributed by atoms with van der Waals surface area (Å²) in [6, 6.07) is 13.1. The van der Waals surface area contributed by atoms with Crippen LogP contribution in [0.3, 0.4) is 0 Å². The van der Waals surface area contributed by atoms with Gasteiger partial charge in [0.1, 0.15) is 12.3 Å². The number of rotatable bonds is 13. The smallest absolute Gasteiger partial charge is 0.325 e. The van der Waals surface area contributed by atoms with Gasteiger partial charge in [-0.1, -0.05) is 39.3 Å². The van der Waals surface area contributed by atoms with Crippen molar-refractivity contribution in [3.8, 4) is 5.75 Å². The second-order valence-electron chi connectivity index (χ2n) is 8.27. The van der Waals surface area contributed by atoms with Gasteiger partial charge in [0, 0.05) is 12.1 Å². The van der Waals surface area contributed by atoms with E-state index in [0.717, 1.165) is 12.8 Å². The van der Waals surface area contributed by atoms with Gasteiger partial charge in [-0.2, -0.15) is 0 Å². The van der Waals surface area contributed by atoms with Crippen LogP contribution in [0.25, 0.3) is 0 Å². The minimum Gasteiger partial charge on any atom is -0.494 e. The molecule has 3 N–H and O–H groups in total. The fourth-order valence-electron chi connectivity index (χ4n) is 2.86. The number of nitrogens with one attached hydrogen (secondary N) is 3. The molecule has 9 heteroatoms. The zero-order valence-electron chi connectivity index (χ0n) is 20.4. The number of carbonyl (C=O) groups is 4. The number of ether oxygens (including phenoxy) is 2. The van der Waals surface area contributed by atoms with Gasteiger partial charge in [0.2, 0.25) is 0 Å². The Labute approximate surface area is 205 Å². The molecule has 0 heterocycles. The highest BCUT2D eigenvalue weighted by Crippen LogP contribution is 2.15. The lowest BCUT2D eigenvalue weighted by molar-refractivity contribution is -0.146. The van der Waals surface area contributed by atoms with Crippen LogP contribution in [0.5, 0.6) is 5.75 Å². The van der Waals surface area contributed by atoms with E-state index in [1.54, 1.807) is 48.5 Å². The predicted molar refractivity (Wildman–Crippen MR) is 132 cm³/mol. The molecule has 0 aliphatic carbocycles. The lowest BCUT2D eigenvalue weighted by Gasteiger charge is -2.12. The number of carbonyl (C=O) groups excluding carboxylic acids is 4. The van der Waals surface area contributed by atoms with Crippen molar-refractivity contribution >= 4 is 29.4 Å². The third-order valence-electron chi connectivity index (χ3n) is 4.76. The van der Waals surface area contributed by atoms with Crippen LogP contribution in [0.2, 0.25) is 0 Å². The molecule has 0 fully saturated rings. The third-order valence-corrected chi connectivity index (χ3v) is 4.76. The topological polar surface area (TPSA) is 123 Å². The molecule has 0 atom stereocenters. The fourth-order valence-corrected chi connectivity index (χ4v) is 2.86. The first-order chi connectivity index (χ1) is 16.8. The second kappa shape index (κ2) is 14.4. The van der Waals surface area contributed by atoms with Crippen molar-refractivity contribution in [3.63, 3.8) is 0 Å². The minimum absolute atomic E-state index is 0.282. The van der Waals surface area contributed by atoms with Crippen molar-refractivity contribution in [2.24, 2.45) is 5.92 Å². The lowest BCUT2D eigenvalue weighted by atomic mass is 10.1. The number of hydrogen-bond acceptors (Lipinski definition) is 6. The molecule has 35 heavy (non-hydrogen) atoms. The van der Waals surface area contributed by atoms with Crippen molar-refractivity contribution in [2.45, 2.75) is 33.6 Å². The van der Waals surface area contributed by atoms with Gasteiger partial charge in [0.15, 0.2) is 6.61 Å². The maximum atomic E-state index is 12.4. The molecule has 0 saturated carbocycles. The van der Waals surface area contributed by atoms with Gasteiger partial charge in [-0.15, -0.1) is 0 Å². The van der Waals surface area contributed by atoms with Gasteiger partial charge in [-0.05, 0) is 48.7 Å². The first-order valence-electron chi connectivity index (χ1n) is 11.6. The van der Waals surface area contributed by atoms with E-state index in [-0.39, 0.29) is 11.8 Å². The highest BCUT2D eigenvalue weighted by Gasteiger charge is 2.15. The molecule has 0 aromatic heterocycles. The zero-order chi connectivity index (χ0) is 25.6. The van der Waals surface area contributed by atoms with E-state index < -0.39 is 30.9 Å². The lowest BCUT2D eigenvalue weighted by Crippen LogP contribution is -2.32. The van der Waals surface area contributed by atoms with Crippen LogP contribution in [0, 0.1) is 5.92 Å². The molecule has 2 aromatic carbocycles. The molecule has 0 radical (unpaired) electrons. The van der Waals surface area contributed by atoms with Crippen molar-refractivity contribution < 1.29 is 28.7 Å². The molecule has 0 unspecified atom stereocenters. The van der Waals surface area contributed by atoms with E-state index >= 15 is 0 Å². The second-order valence-corrected chi connectivity index (χ2v) is 8.27. The molecule has 2 rings (SSSR count). The Kier molecular flexibility index (Phi) is 11.3. The van der Waals surface area contributed by atoms with E-state index in [0.29, 0.717) is 35.7 Å². The Morgan fingerprint density at radius 1 is 0.914 bits per heavy atom. The Morgan fingerprint density at radius 3 is 2.31 bits per heavy atom. The summed E-state index contributed by atoms with van der Waals surface area (Å²) in [6.45, 7) is 6.19. The molecule has 0 aliphatic heterocycles. The average molecular weight is 484 g/mol. The summed E-state index contributed by atoms with van der Waals surface area (Å²) in [5.74, 6) is -1.19. The number of hydrogen-bond donors (Lipinski definition) is 3. The Balaban J connectivity index is 1.77. The average Bonchev–Trinajstić information content (AvgIpc) is 2.85. The molecule has 2 aromatic rings. The predicted octanol–water partition coefficient (Wildman–Crippen LogP) is 3.16. The van der Waals surface area contributed by atoms with Crippen LogP contribution in [-0.2, 0) is 14.3 Å². The molecule has 188 valence electrons. The quantitative estimate of drug-likeness (QED) is 0.297. The standard InChI is InChI=1S/C26H33N3O6/c1-4-5-14-34-20-12-10-19(11-13-20)25(32)28-16-24(31)35-17-23(30)29-22-9-7-6-8-21(22)26(33)27-15-18(2)3/h6-13,18H,4-5,14-17H2,1-3H3,(H,27,33)(H,28,32)(H,29,30). The number of benzene rings is 2. The van der Waals surface area contributed by atoms with Gasteiger partial charge in [0.25, 0.3) is 17.7 Å². The largest absolute Gasteiger partial charge is 0.494 e. The highest BCUT2D eigenvalue weighted by molar-refractivity contribution is 6.04. The summed E-state index contributed by atoms with van der Waals surface area (Å²) in [5.41, 5.74) is 0.984. The molecule has 9 nitrogen and oxygen atoms in total. The summed E-state index contributed by atoms with van der Waals surface area (Å²) in [7, 11) is 0. The van der Waals surface area contributed by atoms with E-state index in [1.165, 1.54) is 0 Å². The van der Waals surface area contributed by atoms with E-state index in [9.17, 15) is 19.2 Å². The van der Waals surface area contributed by atoms with Crippen molar-refractivity contribution in [2.75, 3.05) is 31.6 Å². The zero-order valence-corrected chi connectivity index (χ0v) is 20.4. The normalized spacial score (nSPS) is 10.4. The van der Waals surface area contributed by atoms with Gasteiger partial charge < -0.3 is 25.4 Å². The summed E-state index contributed by atoms with van der Waals surface area (Å²) in [4.78, 5) is 48.8. The van der Waals surface area contributed by atoms with Crippen LogP contribution in [0.4, 0.5) is 5.69 Å². The Bertz CT molecular complexity index is 1000. The van der Waals surface area contributed by atoms with Crippen LogP contribution < -0.4 is 20.7 Å². The van der Waals surface area contributed by atoms with E-state index in [4.69, 9.17) is 9.47 Å². The maximum absolute atomic E-state index is 12.4. The van der Waals surface area contributed by atoms with Gasteiger partial charge in [-0.25, -0.2) is 0 Å². The van der Waals surface area contributed by atoms with Gasteiger partial charge in [-0.3, -0.25) is 19.2 Å². The Morgan fingerprint density at radius 2 is 1.63 bits per heavy atom. The van der Waals surface area contributed by atoms with Crippen molar-refractivity contribution in [1.82, 2.24) is 10.6 Å². The number of unbranched alkanes of at least 4 members (excludes halogenated alkanes) is 1. The number of amides is 3. The highest BCUT2D eigenvalue weighted by atomic mass is 16.5. The molecule has 0 aliphatic rings. The third kappa shape index (κ3) is 9.87. The molecular weight excluding hydrogens is 450 g/mol. The summed E-state index contributed by atoms with van der Waals surface area (Å²) < 4.78 is 10.5. The first-order valence-corrected chi connectivity index (χ1v) is 11.6. The SMILES string of the molecule is CCCCOc1ccc(C(=O)NCC(=O)OCC(=O)Nc2ccccc2C(=O)NCC(C)C)cc1. The Hall–Kier alpha value is -3.88. The number of anilines is 1. The van der Waals surface area contributed by atoms with Crippen LogP contribution in [0.1, 0.15) is 54.3 Å². The minimum atomic E-state index is -0.768. The van der Waals surface area contributed by atoms with Crippen LogP contribution in [-0.4, -0.2) is 50.0 Å². The van der Waals surface area contributed by atoms with E-state index in [2.05, 4.69) is 22.9 Å². The van der Waals surface area contributed by atoms with Crippen LogP contribution >= 0.6 is 0 Å². The number of para-hydroxylation sites is 1. The molecule has 0 saturated heterocycles. The monoisotopic (exact) mass is 483 g/mol. The number of esters is 1. The van der Waals surface area contributed by atoms with Gasteiger partial charge >= 0.3 is 5.97 Å². The summed E-state index contributed by atoms with van der Waals surface area (Å²) in [6.07, 6.45) is 1.98. The maximum Gasteiger partial charge on any atom is 0.325 e. The molecule has 0 spiro atoms. The molecular formula is C26H33N3O6. The fraction of sp³-hybridized carbons (Fsp3) is 0.385. The van der Waals surface area contributed by atoms with Crippen molar-refractivity contribution in [3.05, 3.63) is 59.7 Å². The molecule has 0 bridgehead atoms. The van der Waals surface area contributed by atoms with Gasteiger partial charge in [0.05, 0.1) is 17.9 Å².